The van der Waals surface area contributed by atoms with E-state index in [4.69, 9.17) is 18.9 Å². The number of fused-ring (bicyclic) bond motifs is 2. The lowest BCUT2D eigenvalue weighted by atomic mass is 9.95. The molecule has 0 saturated heterocycles. The fourth-order valence-corrected chi connectivity index (χ4v) is 4.40. The van der Waals surface area contributed by atoms with E-state index in [0.717, 1.165) is 50.1 Å². The lowest BCUT2D eigenvalue weighted by Crippen LogP contribution is -2.09. The van der Waals surface area contributed by atoms with Gasteiger partial charge in [0.1, 0.15) is 23.0 Å². The molecule has 0 heterocycles. The van der Waals surface area contributed by atoms with Crippen molar-refractivity contribution in [2.24, 2.45) is 0 Å². The molecular weight excluding hydrogens is 412 g/mol. The summed E-state index contributed by atoms with van der Waals surface area (Å²) in [6.07, 6.45) is 0. The minimum absolute atomic E-state index is 0.108. The van der Waals surface area contributed by atoms with Crippen molar-refractivity contribution in [3.8, 4) is 23.0 Å². The van der Waals surface area contributed by atoms with Gasteiger partial charge in [0.15, 0.2) is 0 Å². The van der Waals surface area contributed by atoms with Crippen LogP contribution in [0.2, 0.25) is 0 Å². The summed E-state index contributed by atoms with van der Waals surface area (Å²) in [5.74, 6) is 3.97. The van der Waals surface area contributed by atoms with Crippen LogP contribution in [0.15, 0.2) is 60.7 Å². The van der Waals surface area contributed by atoms with Gasteiger partial charge in [-0.05, 0) is 52.6 Å². The van der Waals surface area contributed by atoms with Crippen molar-refractivity contribution >= 4 is 21.5 Å². The molecule has 0 aliphatic rings. The molecule has 0 aliphatic carbocycles. The molecule has 172 valence electrons. The lowest BCUT2D eigenvalue weighted by Gasteiger charge is -2.20. The second-order valence-electron chi connectivity index (χ2n) is 8.72. The van der Waals surface area contributed by atoms with Crippen molar-refractivity contribution in [2.75, 3.05) is 27.9 Å². The van der Waals surface area contributed by atoms with Gasteiger partial charge < -0.3 is 18.9 Å². The zero-order valence-corrected chi connectivity index (χ0v) is 20.3. The van der Waals surface area contributed by atoms with Crippen LogP contribution in [-0.2, 0) is 0 Å². The van der Waals surface area contributed by atoms with Crippen molar-refractivity contribution < 1.29 is 18.9 Å². The molecule has 4 rings (SSSR count). The first-order chi connectivity index (χ1) is 16.0. The van der Waals surface area contributed by atoms with E-state index >= 15 is 0 Å². The van der Waals surface area contributed by atoms with Crippen LogP contribution in [0.5, 0.6) is 23.0 Å². The molecular formula is C29H32O4. The first-order valence-electron chi connectivity index (χ1n) is 11.3. The van der Waals surface area contributed by atoms with E-state index in [0.29, 0.717) is 12.5 Å². The highest BCUT2D eigenvalue weighted by molar-refractivity contribution is 5.94. The molecule has 0 radical (unpaired) electrons. The summed E-state index contributed by atoms with van der Waals surface area (Å²) in [7, 11) is 5.14. The highest BCUT2D eigenvalue weighted by Crippen LogP contribution is 2.40. The molecule has 1 atom stereocenters. The van der Waals surface area contributed by atoms with Crippen LogP contribution in [0.4, 0.5) is 0 Å². The van der Waals surface area contributed by atoms with Gasteiger partial charge >= 0.3 is 0 Å². The van der Waals surface area contributed by atoms with E-state index in [9.17, 15) is 0 Å². The van der Waals surface area contributed by atoms with Crippen molar-refractivity contribution in [1.29, 1.82) is 0 Å². The maximum absolute atomic E-state index is 6.24. The standard InChI is InChI=1S/C29H32O4/c1-18(2)25-14-21-13-22(12-11-20(21)15-27(25)30-4)33-17-19(3)26-16-28(31-5)23-9-7-8-10-24(23)29(26)32-6/h7-16,18-19H,17H2,1-6H3. The Bertz CT molecular complexity index is 1280. The fourth-order valence-electron chi connectivity index (χ4n) is 4.40. The highest BCUT2D eigenvalue weighted by Gasteiger charge is 2.19. The van der Waals surface area contributed by atoms with Crippen molar-refractivity contribution in [3.63, 3.8) is 0 Å². The van der Waals surface area contributed by atoms with Gasteiger partial charge in [0, 0.05) is 22.3 Å². The van der Waals surface area contributed by atoms with Gasteiger partial charge in [-0.2, -0.15) is 0 Å². The van der Waals surface area contributed by atoms with Crippen LogP contribution in [0.1, 0.15) is 43.7 Å². The minimum atomic E-state index is 0.108. The summed E-state index contributed by atoms with van der Waals surface area (Å²) in [6.45, 7) is 7.03. The largest absolute Gasteiger partial charge is 0.496 e. The first-order valence-corrected chi connectivity index (χ1v) is 11.3. The highest BCUT2D eigenvalue weighted by atomic mass is 16.5. The third-order valence-electron chi connectivity index (χ3n) is 6.22. The normalized spacial score (nSPS) is 12.2. The average molecular weight is 445 g/mol. The van der Waals surface area contributed by atoms with E-state index in [-0.39, 0.29) is 5.92 Å². The van der Waals surface area contributed by atoms with Crippen molar-refractivity contribution in [3.05, 3.63) is 71.8 Å². The topological polar surface area (TPSA) is 36.9 Å². The maximum Gasteiger partial charge on any atom is 0.130 e. The number of methoxy groups -OCH3 is 3. The molecule has 0 amide bonds. The van der Waals surface area contributed by atoms with Crippen LogP contribution in [0, 0.1) is 0 Å². The second kappa shape index (κ2) is 9.62. The number of hydrogen-bond acceptors (Lipinski definition) is 4. The zero-order valence-electron chi connectivity index (χ0n) is 20.3. The number of benzene rings is 4. The van der Waals surface area contributed by atoms with E-state index in [1.54, 1.807) is 21.3 Å². The summed E-state index contributed by atoms with van der Waals surface area (Å²) in [5, 5.41) is 4.37. The summed E-state index contributed by atoms with van der Waals surface area (Å²) in [6, 6.07) is 20.7. The molecule has 0 aliphatic heterocycles. The van der Waals surface area contributed by atoms with Crippen LogP contribution >= 0.6 is 0 Å². The molecule has 4 heteroatoms. The Morgan fingerprint density at radius 3 is 2.06 bits per heavy atom. The lowest BCUT2D eigenvalue weighted by molar-refractivity contribution is 0.292. The van der Waals surface area contributed by atoms with Crippen LogP contribution in [-0.4, -0.2) is 27.9 Å². The van der Waals surface area contributed by atoms with Gasteiger partial charge in [-0.3, -0.25) is 0 Å². The van der Waals surface area contributed by atoms with Crippen LogP contribution in [0.3, 0.4) is 0 Å². The Morgan fingerprint density at radius 1 is 0.667 bits per heavy atom. The second-order valence-corrected chi connectivity index (χ2v) is 8.72. The first kappa shape index (κ1) is 22.8. The Labute approximate surface area is 196 Å². The molecule has 1 unspecified atom stereocenters. The molecule has 0 aromatic heterocycles. The molecule has 4 aromatic carbocycles. The maximum atomic E-state index is 6.24. The Kier molecular flexibility index (Phi) is 6.64. The van der Waals surface area contributed by atoms with E-state index in [1.165, 1.54) is 5.56 Å². The Balaban J connectivity index is 1.62. The zero-order chi connectivity index (χ0) is 23.5. The van der Waals surface area contributed by atoms with E-state index in [2.05, 4.69) is 63.2 Å². The minimum Gasteiger partial charge on any atom is -0.496 e. The monoisotopic (exact) mass is 444 g/mol. The van der Waals surface area contributed by atoms with E-state index < -0.39 is 0 Å². The Hall–Kier alpha value is -3.40. The summed E-state index contributed by atoms with van der Waals surface area (Å²) in [5.41, 5.74) is 2.27. The average Bonchev–Trinajstić information content (AvgIpc) is 2.85. The third-order valence-corrected chi connectivity index (χ3v) is 6.22. The third kappa shape index (κ3) is 4.43. The molecule has 4 aromatic rings. The van der Waals surface area contributed by atoms with Crippen LogP contribution < -0.4 is 18.9 Å². The van der Waals surface area contributed by atoms with Gasteiger partial charge in [0.25, 0.3) is 0 Å². The number of ether oxygens (including phenoxy) is 4. The van der Waals surface area contributed by atoms with Gasteiger partial charge in [-0.25, -0.2) is 0 Å². The summed E-state index contributed by atoms with van der Waals surface area (Å²) in [4.78, 5) is 0. The smallest absolute Gasteiger partial charge is 0.130 e. The number of rotatable bonds is 8. The molecule has 0 spiro atoms. The molecule has 0 saturated carbocycles. The SMILES string of the molecule is COc1cc2ccc(OCC(C)c3cc(OC)c4ccccc4c3OC)cc2cc1C(C)C. The quantitative estimate of drug-likeness (QED) is 0.285. The van der Waals surface area contributed by atoms with Crippen molar-refractivity contribution in [1.82, 2.24) is 0 Å². The van der Waals surface area contributed by atoms with Gasteiger partial charge in [-0.1, -0.05) is 51.1 Å². The molecule has 4 nitrogen and oxygen atoms in total. The molecule has 0 N–H and O–H groups in total. The van der Waals surface area contributed by atoms with Gasteiger partial charge in [-0.15, -0.1) is 0 Å². The predicted molar refractivity (Wildman–Crippen MR) is 136 cm³/mol. The molecule has 33 heavy (non-hydrogen) atoms. The summed E-state index contributed by atoms with van der Waals surface area (Å²) < 4.78 is 23.3. The van der Waals surface area contributed by atoms with Gasteiger partial charge in [0.2, 0.25) is 0 Å². The molecule has 0 bridgehead atoms. The van der Waals surface area contributed by atoms with Crippen molar-refractivity contribution in [2.45, 2.75) is 32.6 Å². The molecule has 0 fully saturated rings. The predicted octanol–water partition coefficient (Wildman–Crippen LogP) is 7.32. The number of hydrogen-bond donors (Lipinski definition) is 0. The van der Waals surface area contributed by atoms with Crippen LogP contribution in [0.25, 0.3) is 21.5 Å². The summed E-state index contributed by atoms with van der Waals surface area (Å²) >= 11 is 0. The van der Waals surface area contributed by atoms with E-state index in [1.807, 2.05) is 18.2 Å². The van der Waals surface area contributed by atoms with Gasteiger partial charge in [0.05, 0.1) is 27.9 Å². The fraction of sp³-hybridized carbons (Fsp3) is 0.310. The Morgan fingerprint density at radius 2 is 1.39 bits per heavy atom.